The molecule has 1 atom stereocenters. The Hall–Kier alpha value is -3.55. The number of hydrogen-bond acceptors (Lipinski definition) is 5. The van der Waals surface area contributed by atoms with Crippen molar-refractivity contribution in [2.75, 3.05) is 26.4 Å². The third kappa shape index (κ3) is 4.01. The third-order valence-electron chi connectivity index (χ3n) is 6.85. The van der Waals surface area contributed by atoms with E-state index in [-0.39, 0.29) is 19.2 Å². The molecule has 3 aliphatic heterocycles. The maximum atomic E-state index is 13.2. The van der Waals surface area contributed by atoms with Gasteiger partial charge in [0.25, 0.3) is 5.91 Å². The van der Waals surface area contributed by atoms with Gasteiger partial charge in [0.2, 0.25) is 12.7 Å². The SMILES string of the molecule is CC1(c2ccc3c(c2)OCO3)NC(=O)N(CC(=O)N2CCC(Cc3ccccc3)CC2)C1=O. The Kier molecular flexibility index (Phi) is 5.44. The first kappa shape index (κ1) is 21.3. The fourth-order valence-electron chi connectivity index (χ4n) is 4.81. The second-order valence-corrected chi connectivity index (χ2v) is 9.03. The van der Waals surface area contributed by atoms with E-state index in [1.165, 1.54) is 5.56 Å². The number of fused-ring (bicyclic) bond motifs is 1. The molecule has 5 rings (SSSR count). The molecule has 1 unspecified atom stereocenters. The van der Waals surface area contributed by atoms with Crippen molar-refractivity contribution in [3.05, 3.63) is 59.7 Å². The van der Waals surface area contributed by atoms with Gasteiger partial charge in [-0.25, -0.2) is 4.79 Å². The second kappa shape index (κ2) is 8.42. The van der Waals surface area contributed by atoms with Crippen LogP contribution < -0.4 is 14.8 Å². The Morgan fingerprint density at radius 1 is 1.06 bits per heavy atom. The van der Waals surface area contributed by atoms with Crippen LogP contribution in [0.3, 0.4) is 0 Å². The van der Waals surface area contributed by atoms with Crippen molar-refractivity contribution in [1.29, 1.82) is 0 Å². The van der Waals surface area contributed by atoms with Gasteiger partial charge in [-0.3, -0.25) is 14.5 Å². The Morgan fingerprint density at radius 3 is 2.55 bits per heavy atom. The zero-order chi connectivity index (χ0) is 23.0. The number of carbonyl (C=O) groups excluding carboxylic acids is 3. The van der Waals surface area contributed by atoms with Crippen molar-refractivity contribution < 1.29 is 23.9 Å². The number of piperidine rings is 1. The number of urea groups is 1. The maximum absolute atomic E-state index is 13.2. The largest absolute Gasteiger partial charge is 0.454 e. The van der Waals surface area contributed by atoms with Crippen molar-refractivity contribution in [2.24, 2.45) is 5.92 Å². The monoisotopic (exact) mass is 449 g/mol. The van der Waals surface area contributed by atoms with Gasteiger partial charge in [0, 0.05) is 13.1 Å². The summed E-state index contributed by atoms with van der Waals surface area (Å²) in [5.41, 5.74) is 0.632. The van der Waals surface area contributed by atoms with Gasteiger partial charge in [0.1, 0.15) is 12.1 Å². The van der Waals surface area contributed by atoms with Crippen LogP contribution in [0.2, 0.25) is 0 Å². The van der Waals surface area contributed by atoms with Gasteiger partial charge in [-0.2, -0.15) is 0 Å². The minimum Gasteiger partial charge on any atom is -0.454 e. The number of imide groups is 1. The molecule has 4 amide bonds. The molecule has 0 radical (unpaired) electrons. The summed E-state index contributed by atoms with van der Waals surface area (Å²) in [6, 6.07) is 14.9. The molecule has 8 nitrogen and oxygen atoms in total. The van der Waals surface area contributed by atoms with E-state index in [2.05, 4.69) is 17.4 Å². The highest BCUT2D eigenvalue weighted by Crippen LogP contribution is 2.37. The van der Waals surface area contributed by atoms with Gasteiger partial charge >= 0.3 is 6.03 Å². The summed E-state index contributed by atoms with van der Waals surface area (Å²) in [6.07, 6.45) is 2.83. The van der Waals surface area contributed by atoms with Gasteiger partial charge in [-0.05, 0) is 55.4 Å². The topological polar surface area (TPSA) is 88.2 Å². The van der Waals surface area contributed by atoms with Gasteiger partial charge in [0.15, 0.2) is 11.5 Å². The molecule has 2 saturated heterocycles. The molecule has 0 bridgehead atoms. The number of carbonyl (C=O) groups is 3. The van der Waals surface area contributed by atoms with E-state index in [0.717, 1.165) is 24.2 Å². The average Bonchev–Trinajstić information content (AvgIpc) is 3.38. The lowest BCUT2D eigenvalue weighted by Gasteiger charge is -2.33. The van der Waals surface area contributed by atoms with Crippen LogP contribution in [0, 0.1) is 5.92 Å². The molecular weight excluding hydrogens is 422 g/mol. The van der Waals surface area contributed by atoms with Crippen molar-refractivity contribution in [3.8, 4) is 11.5 Å². The minimum atomic E-state index is -1.26. The molecule has 33 heavy (non-hydrogen) atoms. The molecule has 2 fully saturated rings. The van der Waals surface area contributed by atoms with E-state index in [0.29, 0.717) is 36.1 Å². The van der Waals surface area contributed by atoms with E-state index in [1.54, 1.807) is 30.0 Å². The molecule has 1 N–H and O–H groups in total. The molecule has 3 aliphatic rings. The molecular formula is C25H27N3O5. The molecule has 0 aliphatic carbocycles. The van der Waals surface area contributed by atoms with E-state index in [4.69, 9.17) is 9.47 Å². The van der Waals surface area contributed by atoms with Crippen molar-refractivity contribution >= 4 is 17.8 Å². The zero-order valence-corrected chi connectivity index (χ0v) is 18.6. The Labute approximate surface area is 192 Å². The Morgan fingerprint density at radius 2 is 1.79 bits per heavy atom. The summed E-state index contributed by atoms with van der Waals surface area (Å²) in [7, 11) is 0. The van der Waals surface area contributed by atoms with E-state index in [9.17, 15) is 14.4 Å². The minimum absolute atomic E-state index is 0.123. The third-order valence-corrected chi connectivity index (χ3v) is 6.85. The average molecular weight is 450 g/mol. The van der Waals surface area contributed by atoms with Crippen LogP contribution in [0.1, 0.15) is 30.9 Å². The van der Waals surface area contributed by atoms with Gasteiger partial charge < -0.3 is 19.7 Å². The molecule has 0 saturated carbocycles. The molecule has 172 valence electrons. The van der Waals surface area contributed by atoms with Gasteiger partial charge in [-0.15, -0.1) is 0 Å². The molecule has 2 aromatic carbocycles. The van der Waals surface area contributed by atoms with E-state index < -0.39 is 17.5 Å². The predicted molar refractivity (Wildman–Crippen MR) is 120 cm³/mol. The van der Waals surface area contributed by atoms with E-state index in [1.807, 2.05) is 18.2 Å². The summed E-state index contributed by atoms with van der Waals surface area (Å²) in [5, 5.41) is 2.75. The highest BCUT2D eigenvalue weighted by molar-refractivity contribution is 6.09. The first-order valence-electron chi connectivity index (χ1n) is 11.3. The number of amides is 4. The first-order chi connectivity index (χ1) is 15.9. The van der Waals surface area contributed by atoms with Crippen LogP contribution in [0.4, 0.5) is 4.79 Å². The first-order valence-corrected chi connectivity index (χ1v) is 11.3. The van der Waals surface area contributed by atoms with Crippen molar-refractivity contribution in [1.82, 2.24) is 15.1 Å². The number of rotatable bonds is 5. The number of nitrogens with zero attached hydrogens (tertiary/aromatic N) is 2. The fraction of sp³-hybridized carbons (Fsp3) is 0.400. The summed E-state index contributed by atoms with van der Waals surface area (Å²) < 4.78 is 10.7. The van der Waals surface area contributed by atoms with Crippen LogP contribution in [0.15, 0.2) is 48.5 Å². The van der Waals surface area contributed by atoms with Crippen LogP contribution in [0.5, 0.6) is 11.5 Å². The van der Waals surface area contributed by atoms with Crippen LogP contribution in [-0.4, -0.2) is 54.1 Å². The Balaban J connectivity index is 1.20. The summed E-state index contributed by atoms with van der Waals surface area (Å²) in [6.45, 7) is 2.79. The molecule has 0 aromatic heterocycles. The standard InChI is InChI=1S/C25H27N3O5/c1-25(19-7-8-20-21(14-19)33-16-32-20)23(30)28(24(31)26-25)15-22(29)27-11-9-18(10-12-27)13-17-5-3-2-4-6-17/h2-8,14,18H,9-13,15-16H2,1H3,(H,26,31). The van der Waals surface area contributed by atoms with Crippen LogP contribution in [0.25, 0.3) is 0 Å². The summed E-state index contributed by atoms with van der Waals surface area (Å²) in [5.74, 6) is 1.01. The molecule has 2 aromatic rings. The predicted octanol–water partition coefficient (Wildman–Crippen LogP) is 2.66. The van der Waals surface area contributed by atoms with E-state index >= 15 is 0 Å². The normalized spacial score (nSPS) is 22.6. The Bertz CT molecular complexity index is 1080. The van der Waals surface area contributed by atoms with Gasteiger partial charge in [-0.1, -0.05) is 36.4 Å². The lowest BCUT2D eigenvalue weighted by molar-refractivity contribution is -0.139. The summed E-state index contributed by atoms with van der Waals surface area (Å²) >= 11 is 0. The quantitative estimate of drug-likeness (QED) is 0.709. The fourth-order valence-corrected chi connectivity index (χ4v) is 4.81. The zero-order valence-electron chi connectivity index (χ0n) is 18.6. The number of nitrogens with one attached hydrogen (secondary N) is 1. The number of hydrogen-bond donors (Lipinski definition) is 1. The molecule has 3 heterocycles. The summed E-state index contributed by atoms with van der Waals surface area (Å²) in [4.78, 5) is 41.6. The van der Waals surface area contributed by atoms with Crippen molar-refractivity contribution in [2.45, 2.75) is 31.7 Å². The lowest BCUT2D eigenvalue weighted by atomic mass is 9.90. The van der Waals surface area contributed by atoms with Crippen molar-refractivity contribution in [3.63, 3.8) is 0 Å². The smallest absolute Gasteiger partial charge is 0.325 e. The van der Waals surface area contributed by atoms with Gasteiger partial charge in [0.05, 0.1) is 0 Å². The second-order valence-electron chi connectivity index (χ2n) is 9.03. The maximum Gasteiger partial charge on any atom is 0.325 e. The number of likely N-dealkylation sites (tertiary alicyclic amines) is 1. The molecule has 8 heteroatoms. The highest BCUT2D eigenvalue weighted by Gasteiger charge is 2.50. The number of benzene rings is 2. The number of ether oxygens (including phenoxy) is 2. The lowest BCUT2D eigenvalue weighted by Crippen LogP contribution is -2.46. The van der Waals surface area contributed by atoms with Crippen LogP contribution >= 0.6 is 0 Å². The highest BCUT2D eigenvalue weighted by atomic mass is 16.7. The molecule has 0 spiro atoms. The van der Waals surface area contributed by atoms with Crippen LogP contribution in [-0.2, 0) is 21.5 Å².